The Labute approximate surface area is 120 Å². The fourth-order valence-corrected chi connectivity index (χ4v) is 3.06. The van der Waals surface area contributed by atoms with E-state index < -0.39 is 0 Å². The molecule has 3 rings (SSSR count). The summed E-state index contributed by atoms with van der Waals surface area (Å²) >= 11 is 1.56. The molecule has 0 aliphatic carbocycles. The molecule has 0 aliphatic heterocycles. The predicted molar refractivity (Wildman–Crippen MR) is 77.4 cm³/mol. The number of nitrogens with one attached hydrogen (secondary N) is 1. The number of fused-ring (bicyclic) bond motifs is 1. The van der Waals surface area contributed by atoms with Crippen LogP contribution in [0.25, 0.3) is 11.2 Å². The zero-order valence-electron chi connectivity index (χ0n) is 11.2. The summed E-state index contributed by atoms with van der Waals surface area (Å²) < 4.78 is 5.70. The first kappa shape index (κ1) is 13.1. The van der Waals surface area contributed by atoms with Gasteiger partial charge in [0, 0.05) is 6.04 Å². The molecule has 7 heteroatoms. The van der Waals surface area contributed by atoms with Gasteiger partial charge in [-0.3, -0.25) is 0 Å². The van der Waals surface area contributed by atoms with E-state index in [0.29, 0.717) is 5.65 Å². The Morgan fingerprint density at radius 3 is 2.85 bits per heavy atom. The van der Waals surface area contributed by atoms with Crippen LogP contribution >= 0.6 is 11.8 Å². The Hall–Kier alpha value is -1.86. The fraction of sp³-hybridized carbons (Fsp3) is 0.308. The highest BCUT2D eigenvalue weighted by Gasteiger charge is 2.23. The van der Waals surface area contributed by atoms with Crippen LogP contribution in [-0.4, -0.2) is 26.0 Å². The molecule has 0 aliphatic rings. The predicted octanol–water partition coefficient (Wildman–Crippen LogP) is 2.43. The van der Waals surface area contributed by atoms with Crippen molar-refractivity contribution in [2.24, 2.45) is 5.73 Å². The molecule has 3 N–H and O–H groups in total. The van der Waals surface area contributed by atoms with E-state index in [9.17, 15) is 0 Å². The average molecular weight is 289 g/mol. The average Bonchev–Trinajstić information content (AvgIpc) is 3.04. The Morgan fingerprint density at radius 1 is 1.30 bits per heavy atom. The fourth-order valence-electron chi connectivity index (χ4n) is 1.98. The number of aromatic nitrogens is 4. The van der Waals surface area contributed by atoms with E-state index in [4.69, 9.17) is 10.2 Å². The second-order valence-corrected chi connectivity index (χ2v) is 5.76. The van der Waals surface area contributed by atoms with E-state index >= 15 is 0 Å². The summed E-state index contributed by atoms with van der Waals surface area (Å²) in [4.78, 5) is 15.6. The van der Waals surface area contributed by atoms with E-state index in [1.807, 2.05) is 26.0 Å². The lowest BCUT2D eigenvalue weighted by Gasteiger charge is -2.17. The number of aryl methyl sites for hydroxylation is 1. The molecule has 104 valence electrons. The standard InChI is InChI=1S/C13H15N5OS/c1-7-3-4-9(19-7)11(8(2)14)20-13-10-12(16-5-15-10)17-6-18-13/h3-6,8,11H,14H2,1-2H3,(H,15,16,17,18). The lowest BCUT2D eigenvalue weighted by molar-refractivity contribution is 0.464. The number of nitrogens with zero attached hydrogens (tertiary/aromatic N) is 3. The zero-order valence-corrected chi connectivity index (χ0v) is 12.0. The molecule has 0 aromatic carbocycles. The number of thioether (sulfide) groups is 1. The van der Waals surface area contributed by atoms with E-state index in [2.05, 4.69) is 19.9 Å². The number of imidazole rings is 1. The van der Waals surface area contributed by atoms with E-state index in [1.54, 1.807) is 18.1 Å². The van der Waals surface area contributed by atoms with E-state index in [0.717, 1.165) is 22.1 Å². The molecule has 0 bridgehead atoms. The van der Waals surface area contributed by atoms with Crippen LogP contribution in [0.2, 0.25) is 0 Å². The molecule has 2 unspecified atom stereocenters. The van der Waals surface area contributed by atoms with Gasteiger partial charge in [-0.2, -0.15) is 0 Å². The van der Waals surface area contributed by atoms with Gasteiger partial charge >= 0.3 is 0 Å². The topological polar surface area (TPSA) is 93.6 Å². The number of furan rings is 1. The van der Waals surface area contributed by atoms with Gasteiger partial charge < -0.3 is 15.1 Å². The Balaban J connectivity index is 1.96. The van der Waals surface area contributed by atoms with Gasteiger partial charge in [-0.05, 0) is 26.0 Å². The first-order valence-corrected chi connectivity index (χ1v) is 7.16. The third kappa shape index (κ3) is 2.41. The summed E-state index contributed by atoms with van der Waals surface area (Å²) in [6.07, 6.45) is 3.12. The second kappa shape index (κ2) is 5.26. The SMILES string of the molecule is Cc1ccc(C(Sc2ncnc3nc[nH]c23)C(C)N)o1. The summed E-state index contributed by atoms with van der Waals surface area (Å²) in [5.74, 6) is 1.73. The van der Waals surface area contributed by atoms with Crippen LogP contribution < -0.4 is 5.73 Å². The highest BCUT2D eigenvalue weighted by Crippen LogP contribution is 2.38. The highest BCUT2D eigenvalue weighted by molar-refractivity contribution is 7.99. The van der Waals surface area contributed by atoms with Gasteiger partial charge in [-0.1, -0.05) is 11.8 Å². The van der Waals surface area contributed by atoms with Gasteiger partial charge in [0.05, 0.1) is 11.6 Å². The number of hydrogen-bond acceptors (Lipinski definition) is 6. The largest absolute Gasteiger partial charge is 0.465 e. The molecule has 0 saturated carbocycles. The van der Waals surface area contributed by atoms with Crippen molar-refractivity contribution < 1.29 is 4.42 Å². The molecule has 0 radical (unpaired) electrons. The van der Waals surface area contributed by atoms with Crippen molar-refractivity contribution in [1.82, 2.24) is 19.9 Å². The van der Waals surface area contributed by atoms with Crippen molar-refractivity contribution >= 4 is 22.9 Å². The minimum Gasteiger partial charge on any atom is -0.465 e. The summed E-state index contributed by atoms with van der Waals surface area (Å²) in [6.45, 7) is 3.88. The Kier molecular flexibility index (Phi) is 3.45. The molecule has 2 atom stereocenters. The highest BCUT2D eigenvalue weighted by atomic mass is 32.2. The van der Waals surface area contributed by atoms with Gasteiger partial charge in [0.1, 0.15) is 28.4 Å². The molecule has 0 fully saturated rings. The second-order valence-electron chi connectivity index (χ2n) is 4.63. The van der Waals surface area contributed by atoms with Gasteiger partial charge in [0.15, 0.2) is 5.65 Å². The molecule has 0 saturated heterocycles. The molecule has 0 spiro atoms. The van der Waals surface area contributed by atoms with Crippen molar-refractivity contribution in [3.8, 4) is 0 Å². The lowest BCUT2D eigenvalue weighted by Crippen LogP contribution is -2.22. The first-order valence-electron chi connectivity index (χ1n) is 6.28. The van der Waals surface area contributed by atoms with Gasteiger partial charge in [0.25, 0.3) is 0 Å². The van der Waals surface area contributed by atoms with Crippen molar-refractivity contribution in [2.75, 3.05) is 0 Å². The van der Waals surface area contributed by atoms with Crippen molar-refractivity contribution in [3.05, 3.63) is 36.3 Å². The van der Waals surface area contributed by atoms with Gasteiger partial charge in [-0.15, -0.1) is 0 Å². The summed E-state index contributed by atoms with van der Waals surface area (Å²) in [5, 5.41) is 0.814. The van der Waals surface area contributed by atoms with Crippen LogP contribution in [0.5, 0.6) is 0 Å². The molecule has 20 heavy (non-hydrogen) atoms. The van der Waals surface area contributed by atoms with Crippen LogP contribution in [0, 0.1) is 6.92 Å². The molecular weight excluding hydrogens is 274 g/mol. The summed E-state index contributed by atoms with van der Waals surface area (Å²) in [7, 11) is 0. The quantitative estimate of drug-likeness (QED) is 0.566. The van der Waals surface area contributed by atoms with Gasteiger partial charge in [0.2, 0.25) is 0 Å². The Bertz CT molecular complexity index is 720. The zero-order chi connectivity index (χ0) is 14.1. The molecule has 0 amide bonds. The minimum absolute atomic E-state index is 0.00917. The molecule has 3 aromatic rings. The third-order valence-electron chi connectivity index (χ3n) is 2.95. The maximum Gasteiger partial charge on any atom is 0.181 e. The van der Waals surface area contributed by atoms with E-state index in [1.165, 1.54) is 6.33 Å². The van der Waals surface area contributed by atoms with E-state index in [-0.39, 0.29) is 11.3 Å². The van der Waals surface area contributed by atoms with Crippen molar-refractivity contribution in [1.29, 1.82) is 0 Å². The first-order chi connectivity index (χ1) is 9.65. The molecular formula is C13H15N5OS. The molecule has 3 aromatic heterocycles. The number of aromatic amines is 1. The van der Waals surface area contributed by atoms with Crippen LogP contribution in [-0.2, 0) is 0 Å². The number of nitrogens with two attached hydrogens (primary N) is 1. The monoisotopic (exact) mass is 289 g/mol. The van der Waals surface area contributed by atoms with Crippen LogP contribution in [0.15, 0.2) is 34.2 Å². The van der Waals surface area contributed by atoms with Gasteiger partial charge in [-0.25, -0.2) is 15.0 Å². The Morgan fingerprint density at radius 2 is 2.15 bits per heavy atom. The van der Waals surface area contributed by atoms with Crippen LogP contribution in [0.3, 0.4) is 0 Å². The van der Waals surface area contributed by atoms with Crippen LogP contribution in [0.4, 0.5) is 0 Å². The summed E-state index contributed by atoms with van der Waals surface area (Å²) in [6, 6.07) is 3.83. The lowest BCUT2D eigenvalue weighted by atomic mass is 10.2. The minimum atomic E-state index is -0.0708. The maximum absolute atomic E-state index is 6.10. The number of H-pyrrole nitrogens is 1. The molecule has 6 nitrogen and oxygen atoms in total. The number of hydrogen-bond donors (Lipinski definition) is 2. The smallest absolute Gasteiger partial charge is 0.181 e. The third-order valence-corrected chi connectivity index (χ3v) is 4.39. The van der Waals surface area contributed by atoms with Crippen LogP contribution in [0.1, 0.15) is 23.7 Å². The van der Waals surface area contributed by atoms with Crippen molar-refractivity contribution in [3.63, 3.8) is 0 Å². The number of rotatable bonds is 4. The van der Waals surface area contributed by atoms with Crippen molar-refractivity contribution in [2.45, 2.75) is 30.2 Å². The summed E-state index contributed by atoms with van der Waals surface area (Å²) in [5.41, 5.74) is 7.57. The molecule has 3 heterocycles. The normalized spacial score (nSPS) is 14.6. The maximum atomic E-state index is 6.10.